The average Bonchev–Trinajstić information content (AvgIpc) is 3.70. The van der Waals surface area contributed by atoms with Crippen LogP contribution in [0.15, 0.2) is 53.5 Å². The summed E-state index contributed by atoms with van der Waals surface area (Å²) in [5, 5.41) is 4.75. The summed E-state index contributed by atoms with van der Waals surface area (Å²) in [5.74, 6) is -1.000. The quantitative estimate of drug-likeness (QED) is 0.387. The number of hydrogen-bond acceptors (Lipinski definition) is 7. The zero-order chi connectivity index (χ0) is 27.8. The van der Waals surface area contributed by atoms with E-state index < -0.39 is 33.5 Å². The smallest absolute Gasteiger partial charge is 0.316 e. The minimum atomic E-state index is -3.73. The highest BCUT2D eigenvalue weighted by molar-refractivity contribution is 7.88. The number of halogens is 3. The molecule has 13 heteroatoms. The first-order chi connectivity index (χ1) is 18.6. The van der Waals surface area contributed by atoms with Crippen molar-refractivity contribution in [1.82, 2.24) is 14.1 Å². The first-order valence-corrected chi connectivity index (χ1v) is 14.4. The number of nitrogens with zero attached hydrogens (tertiary/aromatic N) is 4. The monoisotopic (exact) mass is 579 g/mol. The molecule has 0 atom stereocenters. The van der Waals surface area contributed by atoms with E-state index >= 15 is 0 Å². The van der Waals surface area contributed by atoms with Crippen LogP contribution in [0.5, 0.6) is 5.75 Å². The van der Waals surface area contributed by atoms with Gasteiger partial charge in [0.2, 0.25) is 15.8 Å². The highest BCUT2D eigenvalue weighted by atomic mass is 35.5. The third kappa shape index (κ3) is 5.87. The lowest BCUT2D eigenvalue weighted by Gasteiger charge is -2.35. The summed E-state index contributed by atoms with van der Waals surface area (Å²) >= 11 is 6.10. The number of alkyl halides is 1. The molecule has 2 aliphatic rings. The average molecular weight is 580 g/mol. The van der Waals surface area contributed by atoms with Crippen LogP contribution in [-0.4, -0.2) is 62.0 Å². The molecule has 0 radical (unpaired) electrons. The number of rotatable bonds is 9. The van der Waals surface area contributed by atoms with Crippen LogP contribution in [-0.2, 0) is 15.8 Å². The van der Waals surface area contributed by atoms with Gasteiger partial charge in [-0.2, -0.15) is 14.1 Å². The van der Waals surface area contributed by atoms with Gasteiger partial charge >= 0.3 is 5.56 Å². The number of ether oxygens (including phenoxy) is 1. The molecule has 2 N–H and O–H groups in total. The number of nitrogens with two attached hydrogens (primary N) is 1. The molecule has 1 aromatic heterocycles. The Bertz CT molecular complexity index is 1540. The Balaban J connectivity index is 1.37. The third-order valence-electron chi connectivity index (χ3n) is 7.12. The van der Waals surface area contributed by atoms with Crippen LogP contribution < -0.4 is 20.9 Å². The van der Waals surface area contributed by atoms with Crippen molar-refractivity contribution >= 4 is 33.0 Å². The van der Waals surface area contributed by atoms with Crippen molar-refractivity contribution in [2.75, 3.05) is 50.1 Å². The first kappa shape index (κ1) is 27.4. The molecule has 1 aliphatic carbocycles. The van der Waals surface area contributed by atoms with Gasteiger partial charge in [0, 0.05) is 36.6 Å². The largest absolute Gasteiger partial charge is 0.486 e. The van der Waals surface area contributed by atoms with Gasteiger partial charge in [-0.3, -0.25) is 9.18 Å². The van der Waals surface area contributed by atoms with E-state index in [1.807, 2.05) is 4.90 Å². The lowest BCUT2D eigenvalue weighted by atomic mass is 10.1. The van der Waals surface area contributed by atoms with E-state index in [1.54, 1.807) is 24.3 Å². The zero-order valence-corrected chi connectivity index (χ0v) is 22.6. The molecule has 5 rings (SSSR count). The van der Waals surface area contributed by atoms with E-state index in [2.05, 4.69) is 5.10 Å². The minimum Gasteiger partial charge on any atom is -0.486 e. The van der Waals surface area contributed by atoms with Gasteiger partial charge in [-0.15, -0.1) is 0 Å². The maximum Gasteiger partial charge on any atom is 0.316 e. The number of nitrogen functional groups attached to an aromatic ring is 1. The van der Waals surface area contributed by atoms with Crippen LogP contribution in [0.25, 0.3) is 5.69 Å². The molecule has 1 aliphatic heterocycles. The second-order valence-corrected chi connectivity index (χ2v) is 12.4. The van der Waals surface area contributed by atoms with Gasteiger partial charge in [-0.25, -0.2) is 12.8 Å². The van der Waals surface area contributed by atoms with E-state index in [9.17, 15) is 22.0 Å². The molecule has 9 nitrogen and oxygen atoms in total. The molecule has 2 aromatic carbocycles. The number of piperazine rings is 1. The van der Waals surface area contributed by atoms with E-state index in [1.165, 1.54) is 27.3 Å². The summed E-state index contributed by atoms with van der Waals surface area (Å²) in [6, 6.07) is 10.6. The summed E-state index contributed by atoms with van der Waals surface area (Å²) in [7, 11) is -3.73. The molecular weight excluding hydrogens is 552 g/mol. The van der Waals surface area contributed by atoms with Crippen LogP contribution in [0, 0.1) is 11.2 Å². The van der Waals surface area contributed by atoms with Crippen LogP contribution in [0.4, 0.5) is 20.2 Å². The Kier molecular flexibility index (Phi) is 7.53. The molecule has 0 bridgehead atoms. The van der Waals surface area contributed by atoms with Crippen LogP contribution in [0.1, 0.15) is 18.4 Å². The van der Waals surface area contributed by atoms with Crippen LogP contribution in [0.2, 0.25) is 5.02 Å². The van der Waals surface area contributed by atoms with Gasteiger partial charge in [-0.1, -0.05) is 23.7 Å². The van der Waals surface area contributed by atoms with E-state index in [0.717, 1.165) is 6.07 Å². The lowest BCUT2D eigenvalue weighted by Crippen LogP contribution is -2.49. The van der Waals surface area contributed by atoms with Crippen LogP contribution in [0.3, 0.4) is 0 Å². The predicted molar refractivity (Wildman–Crippen MR) is 145 cm³/mol. The fourth-order valence-corrected chi connectivity index (χ4v) is 6.16. The Morgan fingerprint density at radius 1 is 1.10 bits per heavy atom. The maximum atomic E-state index is 13.8. The standard InChI is InChI=1S/C26H28ClF2N5O4S/c27-19-2-1-3-20(13-19)34-25(35)24(38-17-26(16-28)6-7-26)23(14-31-34)32-8-10-33(11-9-32)39(36,37)15-18-4-5-22(30)21(29)12-18/h1-5,12-14H,6-11,15-17,30H2. The molecular formula is C26H28ClF2N5O4S. The van der Waals surface area contributed by atoms with Gasteiger partial charge in [0.05, 0.1) is 36.6 Å². The van der Waals surface area contributed by atoms with Crippen molar-refractivity contribution in [2.24, 2.45) is 5.41 Å². The highest BCUT2D eigenvalue weighted by Gasteiger charge is 2.44. The van der Waals surface area contributed by atoms with Gasteiger partial charge in [0.25, 0.3) is 0 Å². The second-order valence-electron chi connectivity index (χ2n) is 9.98. The third-order valence-corrected chi connectivity index (χ3v) is 9.20. The molecule has 0 amide bonds. The van der Waals surface area contributed by atoms with Gasteiger partial charge in [0.1, 0.15) is 11.5 Å². The van der Waals surface area contributed by atoms with Crippen molar-refractivity contribution in [3.05, 3.63) is 75.4 Å². The van der Waals surface area contributed by atoms with Gasteiger partial charge in [0.15, 0.2) is 0 Å². The summed E-state index contributed by atoms with van der Waals surface area (Å²) in [4.78, 5) is 15.3. The normalized spacial score (nSPS) is 17.3. The SMILES string of the molecule is Nc1ccc(CS(=O)(=O)N2CCN(c3cnn(-c4cccc(Cl)c4)c(=O)c3OCC3(CF)CC3)CC2)cc1F. The Morgan fingerprint density at radius 3 is 2.49 bits per heavy atom. The molecule has 2 fully saturated rings. The van der Waals surface area contributed by atoms with Crippen LogP contribution >= 0.6 is 11.6 Å². The molecule has 1 saturated heterocycles. The van der Waals surface area contributed by atoms with Crippen molar-refractivity contribution in [1.29, 1.82) is 0 Å². The minimum absolute atomic E-state index is 0.0263. The summed E-state index contributed by atoms with van der Waals surface area (Å²) in [5.41, 5.74) is 5.50. The van der Waals surface area contributed by atoms with E-state index in [0.29, 0.717) is 34.8 Å². The number of anilines is 2. The number of aromatic nitrogens is 2. The zero-order valence-electron chi connectivity index (χ0n) is 21.0. The molecule has 0 unspecified atom stereocenters. The maximum absolute atomic E-state index is 13.8. The lowest BCUT2D eigenvalue weighted by molar-refractivity contribution is 0.197. The molecule has 1 saturated carbocycles. The predicted octanol–water partition coefficient (Wildman–Crippen LogP) is 3.39. The Morgan fingerprint density at radius 2 is 1.85 bits per heavy atom. The molecule has 2 heterocycles. The van der Waals surface area contributed by atoms with Crippen molar-refractivity contribution in [3.8, 4) is 11.4 Å². The topological polar surface area (TPSA) is 111 Å². The summed E-state index contributed by atoms with van der Waals surface area (Å²) in [6.07, 6.45) is 2.86. The Hall–Kier alpha value is -3.22. The molecule has 208 valence electrons. The first-order valence-electron chi connectivity index (χ1n) is 12.4. The van der Waals surface area contributed by atoms with Gasteiger partial charge < -0.3 is 15.4 Å². The van der Waals surface area contributed by atoms with Crippen molar-refractivity contribution < 1.29 is 21.9 Å². The van der Waals surface area contributed by atoms with Crippen molar-refractivity contribution in [2.45, 2.75) is 18.6 Å². The number of benzene rings is 2. The second kappa shape index (κ2) is 10.7. The molecule has 39 heavy (non-hydrogen) atoms. The number of hydrogen-bond donors (Lipinski definition) is 1. The van der Waals surface area contributed by atoms with Gasteiger partial charge in [-0.05, 0) is 48.7 Å². The highest BCUT2D eigenvalue weighted by Crippen LogP contribution is 2.46. The fourth-order valence-electron chi connectivity index (χ4n) is 4.47. The Labute approximate surface area is 229 Å². The summed E-state index contributed by atoms with van der Waals surface area (Å²) in [6.45, 7) is 0.336. The fraction of sp³-hybridized carbons (Fsp3) is 0.385. The van der Waals surface area contributed by atoms with E-state index in [-0.39, 0.29) is 50.0 Å². The molecule has 3 aromatic rings. The number of sulfonamides is 1. The molecule has 0 spiro atoms. The van der Waals surface area contributed by atoms with Crippen molar-refractivity contribution in [3.63, 3.8) is 0 Å². The summed E-state index contributed by atoms with van der Waals surface area (Å²) < 4.78 is 61.9. The van der Waals surface area contributed by atoms with E-state index in [4.69, 9.17) is 22.1 Å².